The van der Waals surface area contributed by atoms with Crippen molar-refractivity contribution in [3.05, 3.63) is 0 Å². The number of aliphatic hydroxyl groups excluding tert-OH is 1. The maximum absolute atomic E-state index is 9.12. The smallest absolute Gasteiger partial charge is 0.106 e. The van der Waals surface area contributed by atoms with Crippen LogP contribution in [-0.2, 0) is 0 Å². The molecule has 0 radical (unpaired) electrons. The fourth-order valence-electron chi connectivity index (χ4n) is 1.59. The summed E-state index contributed by atoms with van der Waals surface area (Å²) in [6.07, 6.45) is 3.64. The summed E-state index contributed by atoms with van der Waals surface area (Å²) in [4.78, 5) is 0. The summed E-state index contributed by atoms with van der Waals surface area (Å²) in [5, 5.41) is 21.5. The third kappa shape index (κ3) is 5.74. The van der Waals surface area contributed by atoms with E-state index in [1.165, 1.54) is 0 Å². The van der Waals surface area contributed by atoms with Crippen molar-refractivity contribution in [3.8, 4) is 6.07 Å². The highest BCUT2D eigenvalue weighted by Gasteiger charge is 2.24. The minimum atomic E-state index is -0.346. The lowest BCUT2D eigenvalue weighted by Crippen LogP contribution is -2.40. The first-order chi connectivity index (χ1) is 7.64. The van der Waals surface area contributed by atoms with Crippen LogP contribution in [0.2, 0.25) is 0 Å². The normalized spacial score (nSPS) is 16.4. The molecule has 4 heteroatoms. The molecule has 0 heterocycles. The molecular formula is C12H24N2OS. The SMILES string of the molecule is CCC(C#N)(CCCSC(C)CCO)NC. The second-order valence-corrected chi connectivity index (χ2v) is 5.64. The Labute approximate surface area is 104 Å². The van der Waals surface area contributed by atoms with Crippen molar-refractivity contribution in [1.29, 1.82) is 5.26 Å². The van der Waals surface area contributed by atoms with Gasteiger partial charge in [0.25, 0.3) is 0 Å². The molecule has 2 N–H and O–H groups in total. The van der Waals surface area contributed by atoms with E-state index in [9.17, 15) is 0 Å². The maximum Gasteiger partial charge on any atom is 0.106 e. The molecule has 0 amide bonds. The lowest BCUT2D eigenvalue weighted by Gasteiger charge is -2.24. The molecule has 3 nitrogen and oxygen atoms in total. The van der Waals surface area contributed by atoms with E-state index >= 15 is 0 Å². The van der Waals surface area contributed by atoms with Crippen LogP contribution >= 0.6 is 11.8 Å². The number of rotatable bonds is 9. The quantitative estimate of drug-likeness (QED) is 0.610. The molecule has 0 saturated carbocycles. The van der Waals surface area contributed by atoms with E-state index in [0.29, 0.717) is 5.25 Å². The van der Waals surface area contributed by atoms with E-state index in [1.807, 2.05) is 25.7 Å². The van der Waals surface area contributed by atoms with Crippen molar-refractivity contribution in [1.82, 2.24) is 5.32 Å². The molecule has 0 aromatic rings. The van der Waals surface area contributed by atoms with E-state index < -0.39 is 0 Å². The number of nitrogens with zero attached hydrogens (tertiary/aromatic N) is 1. The summed E-state index contributed by atoms with van der Waals surface area (Å²) in [6, 6.07) is 2.37. The summed E-state index contributed by atoms with van der Waals surface area (Å²) in [5.74, 6) is 1.06. The number of thioether (sulfide) groups is 1. The van der Waals surface area contributed by atoms with E-state index in [-0.39, 0.29) is 12.1 Å². The molecule has 0 aliphatic rings. The summed E-state index contributed by atoms with van der Waals surface area (Å²) in [5.41, 5.74) is -0.346. The van der Waals surface area contributed by atoms with Gasteiger partial charge < -0.3 is 10.4 Å². The molecule has 0 aromatic heterocycles. The van der Waals surface area contributed by atoms with Crippen LogP contribution in [0.1, 0.15) is 39.5 Å². The first kappa shape index (κ1) is 15.8. The Morgan fingerprint density at radius 1 is 1.56 bits per heavy atom. The van der Waals surface area contributed by atoms with Gasteiger partial charge in [0.2, 0.25) is 0 Å². The lowest BCUT2D eigenvalue weighted by molar-refractivity contribution is 0.289. The summed E-state index contributed by atoms with van der Waals surface area (Å²) in [6.45, 7) is 4.44. The van der Waals surface area contributed by atoms with Gasteiger partial charge in [0.05, 0.1) is 6.07 Å². The second-order valence-electron chi connectivity index (χ2n) is 4.09. The van der Waals surface area contributed by atoms with Crippen LogP contribution in [0.4, 0.5) is 0 Å². The monoisotopic (exact) mass is 244 g/mol. The largest absolute Gasteiger partial charge is 0.396 e. The van der Waals surface area contributed by atoms with Crippen molar-refractivity contribution in [2.45, 2.75) is 50.3 Å². The summed E-state index contributed by atoms with van der Waals surface area (Å²) >= 11 is 1.88. The van der Waals surface area contributed by atoms with Crippen LogP contribution < -0.4 is 5.32 Å². The molecule has 2 unspecified atom stereocenters. The van der Waals surface area contributed by atoms with Crippen molar-refractivity contribution >= 4 is 11.8 Å². The zero-order valence-corrected chi connectivity index (χ0v) is 11.4. The van der Waals surface area contributed by atoms with Crippen LogP contribution in [0, 0.1) is 11.3 Å². The Hall–Kier alpha value is -0.240. The molecule has 0 aromatic carbocycles. The molecule has 0 rings (SSSR count). The summed E-state index contributed by atoms with van der Waals surface area (Å²) < 4.78 is 0. The molecule has 0 spiro atoms. The maximum atomic E-state index is 9.12. The zero-order valence-electron chi connectivity index (χ0n) is 10.6. The standard InChI is InChI=1S/C12H24N2OS/c1-4-12(10-13,14-3)7-5-9-16-11(2)6-8-15/h11,14-15H,4-9H2,1-3H3. The minimum absolute atomic E-state index is 0.266. The van der Waals surface area contributed by atoms with Crippen LogP contribution in [0.15, 0.2) is 0 Å². The van der Waals surface area contributed by atoms with E-state index in [4.69, 9.17) is 10.4 Å². The Balaban J connectivity index is 3.76. The van der Waals surface area contributed by atoms with Gasteiger partial charge in [-0.05, 0) is 38.5 Å². The van der Waals surface area contributed by atoms with E-state index in [2.05, 4.69) is 18.3 Å². The van der Waals surface area contributed by atoms with Crippen LogP contribution in [0.3, 0.4) is 0 Å². The van der Waals surface area contributed by atoms with Crippen molar-refractivity contribution in [3.63, 3.8) is 0 Å². The van der Waals surface area contributed by atoms with Gasteiger partial charge in [0, 0.05) is 11.9 Å². The van der Waals surface area contributed by atoms with Gasteiger partial charge in [-0.1, -0.05) is 13.8 Å². The number of hydrogen-bond acceptors (Lipinski definition) is 4. The first-order valence-electron chi connectivity index (χ1n) is 5.96. The van der Waals surface area contributed by atoms with E-state index in [0.717, 1.165) is 31.4 Å². The van der Waals surface area contributed by atoms with Crippen LogP contribution in [-0.4, -0.2) is 35.3 Å². The second kappa shape index (κ2) is 8.86. The highest BCUT2D eigenvalue weighted by molar-refractivity contribution is 7.99. The highest BCUT2D eigenvalue weighted by Crippen LogP contribution is 2.20. The first-order valence-corrected chi connectivity index (χ1v) is 7.01. The van der Waals surface area contributed by atoms with Crippen molar-refractivity contribution in [2.24, 2.45) is 0 Å². The fraction of sp³-hybridized carbons (Fsp3) is 0.917. The molecule has 0 aliphatic heterocycles. The molecule has 0 saturated heterocycles. The third-order valence-corrected chi connectivity index (χ3v) is 4.31. The van der Waals surface area contributed by atoms with Crippen molar-refractivity contribution in [2.75, 3.05) is 19.4 Å². The van der Waals surface area contributed by atoms with Gasteiger partial charge >= 0.3 is 0 Å². The minimum Gasteiger partial charge on any atom is -0.396 e. The molecule has 94 valence electrons. The number of hydrogen-bond donors (Lipinski definition) is 2. The predicted octanol–water partition coefficient (Wildman–Crippen LogP) is 2.16. The van der Waals surface area contributed by atoms with E-state index in [1.54, 1.807) is 0 Å². The molecule has 0 fully saturated rings. The van der Waals surface area contributed by atoms with Gasteiger partial charge in [0.1, 0.15) is 5.54 Å². The number of nitrogens with one attached hydrogen (secondary N) is 1. The molecule has 0 aliphatic carbocycles. The average molecular weight is 244 g/mol. The van der Waals surface area contributed by atoms with Gasteiger partial charge in [-0.15, -0.1) is 0 Å². The zero-order chi connectivity index (χ0) is 12.4. The third-order valence-electron chi connectivity index (χ3n) is 2.98. The summed E-state index contributed by atoms with van der Waals surface area (Å²) in [7, 11) is 1.86. The highest BCUT2D eigenvalue weighted by atomic mass is 32.2. The topological polar surface area (TPSA) is 56.0 Å². The fourth-order valence-corrected chi connectivity index (χ4v) is 2.58. The number of aliphatic hydroxyl groups is 1. The van der Waals surface area contributed by atoms with Crippen molar-refractivity contribution < 1.29 is 5.11 Å². The van der Waals surface area contributed by atoms with Gasteiger partial charge in [-0.2, -0.15) is 17.0 Å². The Morgan fingerprint density at radius 3 is 2.69 bits per heavy atom. The van der Waals surface area contributed by atoms with Crippen LogP contribution in [0.25, 0.3) is 0 Å². The lowest BCUT2D eigenvalue weighted by atomic mass is 9.93. The Kier molecular flexibility index (Phi) is 8.73. The molecule has 16 heavy (non-hydrogen) atoms. The predicted molar refractivity (Wildman–Crippen MR) is 70.6 cm³/mol. The molecular weight excluding hydrogens is 220 g/mol. The average Bonchev–Trinajstić information content (AvgIpc) is 2.31. The molecule has 0 bridgehead atoms. The molecule has 2 atom stereocenters. The van der Waals surface area contributed by atoms with Gasteiger partial charge in [-0.3, -0.25) is 0 Å². The Morgan fingerprint density at radius 2 is 2.25 bits per heavy atom. The van der Waals surface area contributed by atoms with Gasteiger partial charge in [-0.25, -0.2) is 0 Å². The van der Waals surface area contributed by atoms with Crippen LogP contribution in [0.5, 0.6) is 0 Å². The van der Waals surface area contributed by atoms with Gasteiger partial charge in [0.15, 0.2) is 0 Å². The number of nitriles is 1. The Bertz CT molecular complexity index is 212.